The van der Waals surface area contributed by atoms with E-state index in [1.807, 2.05) is 0 Å². The molecule has 0 fully saturated rings. The molecule has 31 heavy (non-hydrogen) atoms. The molecule has 7 nitrogen and oxygen atoms in total. The molecule has 0 aromatic heterocycles. The van der Waals surface area contributed by atoms with Gasteiger partial charge in [-0.1, -0.05) is 96.8 Å². The number of carbonyl (C=O) groups excluding carboxylic acids is 2. The van der Waals surface area contributed by atoms with Crippen molar-refractivity contribution >= 4 is 22.0 Å². The van der Waals surface area contributed by atoms with Gasteiger partial charge in [0.15, 0.2) is 0 Å². The molecule has 1 amide bonds. The first-order valence-electron chi connectivity index (χ1n) is 11.7. The van der Waals surface area contributed by atoms with E-state index in [0.717, 1.165) is 19.3 Å². The summed E-state index contributed by atoms with van der Waals surface area (Å²) in [4.78, 5) is 22.7. The Morgan fingerprint density at radius 3 is 1.52 bits per heavy atom. The molecule has 0 radical (unpaired) electrons. The first kappa shape index (κ1) is 33.0. The van der Waals surface area contributed by atoms with Crippen LogP contribution in [0, 0.1) is 0 Å². The summed E-state index contributed by atoms with van der Waals surface area (Å²) in [6, 6.07) is -1.45. The van der Waals surface area contributed by atoms with Crippen molar-refractivity contribution in [2.24, 2.45) is 0 Å². The summed E-state index contributed by atoms with van der Waals surface area (Å²) < 4.78 is 31.8. The SMILES string of the molecule is CCCCCCCCCCCCCCCCCC(=O)NC(CCS(=O)(=O)[O-])C(=O)[O-].[Na+]. The van der Waals surface area contributed by atoms with Crippen molar-refractivity contribution in [1.82, 2.24) is 5.32 Å². The fourth-order valence-corrected chi connectivity index (χ4v) is 3.96. The fourth-order valence-electron chi connectivity index (χ4n) is 3.43. The van der Waals surface area contributed by atoms with Gasteiger partial charge in [-0.05, 0) is 12.8 Å². The van der Waals surface area contributed by atoms with Crippen molar-refractivity contribution in [1.29, 1.82) is 0 Å². The Kier molecular flexibility index (Phi) is 23.1. The Morgan fingerprint density at radius 1 is 0.774 bits per heavy atom. The summed E-state index contributed by atoms with van der Waals surface area (Å²) in [5, 5.41) is 13.2. The van der Waals surface area contributed by atoms with Gasteiger partial charge in [-0.2, -0.15) is 0 Å². The molecule has 0 aliphatic carbocycles. The Morgan fingerprint density at radius 2 is 1.16 bits per heavy atom. The van der Waals surface area contributed by atoms with Crippen LogP contribution in [0.5, 0.6) is 0 Å². The monoisotopic (exact) mass is 470 g/mol. The number of carboxylic acids is 1. The summed E-state index contributed by atoms with van der Waals surface area (Å²) in [7, 11) is -4.52. The molecular weight excluding hydrogens is 429 g/mol. The van der Waals surface area contributed by atoms with Crippen LogP contribution in [-0.4, -0.2) is 36.6 Å². The maximum atomic E-state index is 11.8. The van der Waals surface area contributed by atoms with E-state index < -0.39 is 40.2 Å². The molecule has 0 aliphatic rings. The van der Waals surface area contributed by atoms with E-state index in [9.17, 15) is 27.7 Å². The molecule has 0 bridgehead atoms. The Labute approximate surface area is 211 Å². The molecular formula is C22H41NNaO6S-. The average molecular weight is 471 g/mol. The molecule has 0 heterocycles. The minimum absolute atomic E-state index is 0. The number of aliphatic carboxylic acids is 1. The smallest absolute Gasteiger partial charge is 0.748 e. The first-order chi connectivity index (χ1) is 14.3. The molecule has 0 saturated heterocycles. The number of rotatable bonds is 21. The predicted molar refractivity (Wildman–Crippen MR) is 116 cm³/mol. The number of hydrogen-bond donors (Lipinski definition) is 1. The van der Waals surface area contributed by atoms with Gasteiger partial charge < -0.3 is 19.8 Å². The van der Waals surface area contributed by atoms with E-state index >= 15 is 0 Å². The largest absolute Gasteiger partial charge is 1.00 e. The second-order valence-corrected chi connectivity index (χ2v) is 9.71. The summed E-state index contributed by atoms with van der Waals surface area (Å²) >= 11 is 0. The van der Waals surface area contributed by atoms with Gasteiger partial charge in [0.25, 0.3) is 0 Å². The van der Waals surface area contributed by atoms with Gasteiger partial charge in [-0.3, -0.25) is 4.79 Å². The van der Waals surface area contributed by atoms with Crippen molar-refractivity contribution in [3.05, 3.63) is 0 Å². The van der Waals surface area contributed by atoms with Crippen LogP contribution in [0.25, 0.3) is 0 Å². The maximum Gasteiger partial charge on any atom is 1.00 e. The van der Waals surface area contributed by atoms with E-state index in [4.69, 9.17) is 0 Å². The van der Waals surface area contributed by atoms with Crippen LogP contribution >= 0.6 is 0 Å². The van der Waals surface area contributed by atoms with Crippen LogP contribution in [0.3, 0.4) is 0 Å². The summed E-state index contributed by atoms with van der Waals surface area (Å²) in [5.74, 6) is -2.88. The molecule has 178 valence electrons. The predicted octanol–water partition coefficient (Wildman–Crippen LogP) is 0.422. The molecule has 1 N–H and O–H groups in total. The van der Waals surface area contributed by atoms with Gasteiger partial charge in [0.05, 0.1) is 22.1 Å². The van der Waals surface area contributed by atoms with E-state index in [1.165, 1.54) is 70.6 Å². The van der Waals surface area contributed by atoms with Gasteiger partial charge >= 0.3 is 29.6 Å². The van der Waals surface area contributed by atoms with Gasteiger partial charge in [0.2, 0.25) is 5.91 Å². The van der Waals surface area contributed by atoms with Crippen molar-refractivity contribution in [2.75, 3.05) is 5.75 Å². The third-order valence-corrected chi connectivity index (χ3v) is 6.02. The van der Waals surface area contributed by atoms with Crippen molar-refractivity contribution in [3.63, 3.8) is 0 Å². The average Bonchev–Trinajstić information content (AvgIpc) is 2.67. The molecule has 9 heteroatoms. The van der Waals surface area contributed by atoms with Crippen LogP contribution in [0.4, 0.5) is 0 Å². The van der Waals surface area contributed by atoms with Crippen LogP contribution in [0.15, 0.2) is 0 Å². The number of hydrogen-bond acceptors (Lipinski definition) is 6. The Balaban J connectivity index is 0. The van der Waals surface area contributed by atoms with Crippen molar-refractivity contribution in [2.45, 2.75) is 122 Å². The molecule has 0 aromatic rings. The second kappa shape index (κ2) is 21.7. The fraction of sp³-hybridized carbons (Fsp3) is 0.909. The van der Waals surface area contributed by atoms with Crippen LogP contribution < -0.4 is 40.0 Å². The number of carbonyl (C=O) groups is 2. The number of unbranched alkanes of at least 4 members (excludes halogenated alkanes) is 14. The molecule has 0 aliphatic heterocycles. The van der Waals surface area contributed by atoms with Crippen LogP contribution in [-0.2, 0) is 19.7 Å². The zero-order chi connectivity index (χ0) is 22.7. The molecule has 0 spiro atoms. The standard InChI is InChI=1S/C22H43NO6S.Na/c1-2-3-4-5-6-7-8-9-10-11-12-13-14-15-16-17-21(24)23-20(22(25)26)18-19-30(27,28)29;/h20H,2-19H2,1H3,(H,23,24)(H,25,26)(H,27,28,29);/q;+1/p-2. The molecule has 0 saturated carbocycles. The van der Waals surface area contributed by atoms with Gasteiger partial charge in [-0.25, -0.2) is 8.42 Å². The first-order valence-corrected chi connectivity index (χ1v) is 13.3. The zero-order valence-corrected chi connectivity index (χ0v) is 22.5. The minimum atomic E-state index is -4.52. The molecule has 1 unspecified atom stereocenters. The topological polar surface area (TPSA) is 126 Å². The Bertz CT molecular complexity index is 556. The number of nitrogens with one attached hydrogen (secondary N) is 1. The van der Waals surface area contributed by atoms with Gasteiger partial charge in [-0.15, -0.1) is 0 Å². The molecule has 0 rings (SSSR count). The molecule has 1 atom stereocenters. The third-order valence-electron chi connectivity index (χ3n) is 5.28. The zero-order valence-electron chi connectivity index (χ0n) is 19.7. The maximum absolute atomic E-state index is 11.8. The van der Waals surface area contributed by atoms with Crippen molar-refractivity contribution < 1.29 is 57.2 Å². The third kappa shape index (κ3) is 24.3. The number of amides is 1. The van der Waals surface area contributed by atoms with E-state index in [2.05, 4.69) is 12.2 Å². The van der Waals surface area contributed by atoms with E-state index in [1.54, 1.807) is 0 Å². The van der Waals surface area contributed by atoms with Crippen LogP contribution in [0.2, 0.25) is 0 Å². The van der Waals surface area contributed by atoms with E-state index in [0.29, 0.717) is 6.42 Å². The normalized spacial score (nSPS) is 12.2. The summed E-state index contributed by atoms with van der Waals surface area (Å²) in [5.41, 5.74) is 0. The Hall–Kier alpha value is -0.150. The second-order valence-electron chi connectivity index (χ2n) is 8.19. The summed E-state index contributed by atoms with van der Waals surface area (Å²) in [6.45, 7) is 2.24. The molecule has 0 aromatic carbocycles. The summed E-state index contributed by atoms with van der Waals surface area (Å²) in [6.07, 6.45) is 18.0. The van der Waals surface area contributed by atoms with Gasteiger partial charge in [0.1, 0.15) is 0 Å². The van der Waals surface area contributed by atoms with Crippen molar-refractivity contribution in [3.8, 4) is 0 Å². The van der Waals surface area contributed by atoms with Crippen LogP contribution in [0.1, 0.15) is 116 Å². The number of carboxylic acid groups (broad SMARTS) is 1. The van der Waals surface area contributed by atoms with Gasteiger partial charge in [0, 0.05) is 12.2 Å². The van der Waals surface area contributed by atoms with E-state index in [-0.39, 0.29) is 36.0 Å². The minimum Gasteiger partial charge on any atom is -0.748 e. The quantitative estimate of drug-likeness (QED) is 0.147.